The molecule has 1 aliphatic heterocycles. The molecule has 1 N–H and O–H groups in total. The van der Waals surface area contributed by atoms with Crippen LogP contribution in [0.5, 0.6) is 0 Å². The lowest BCUT2D eigenvalue weighted by atomic mass is 10.0. The van der Waals surface area contributed by atoms with Crippen LogP contribution in [-0.4, -0.2) is 42.1 Å². The summed E-state index contributed by atoms with van der Waals surface area (Å²) in [5.41, 5.74) is -1.07. The van der Waals surface area contributed by atoms with Crippen molar-refractivity contribution in [2.24, 2.45) is 0 Å². The lowest BCUT2D eigenvalue weighted by Crippen LogP contribution is -2.58. The van der Waals surface area contributed by atoms with E-state index in [0.717, 1.165) is 0 Å². The van der Waals surface area contributed by atoms with Gasteiger partial charge in [0.1, 0.15) is 0 Å². The predicted octanol–water partition coefficient (Wildman–Crippen LogP) is 1.82. The summed E-state index contributed by atoms with van der Waals surface area (Å²) in [6, 6.07) is 1.56. The summed E-state index contributed by atoms with van der Waals surface area (Å²) in [6.45, 7) is 7.89. The highest BCUT2D eigenvalue weighted by Crippen LogP contribution is 2.33. The van der Waals surface area contributed by atoms with Crippen molar-refractivity contribution in [1.82, 2.24) is 4.31 Å². The smallest absolute Gasteiger partial charge is 0.244 e. The monoisotopic (exact) mass is 319 g/mol. The molecule has 114 valence electrons. The quantitative estimate of drug-likeness (QED) is 0.923. The van der Waals surface area contributed by atoms with E-state index in [4.69, 9.17) is 4.74 Å². The normalized spacial score (nSPS) is 22.9. The fourth-order valence-corrected chi connectivity index (χ4v) is 5.71. The number of morpholine rings is 1. The van der Waals surface area contributed by atoms with Crippen molar-refractivity contribution in [2.45, 2.75) is 50.4 Å². The molecule has 1 aromatic heterocycles. The van der Waals surface area contributed by atoms with Gasteiger partial charge in [-0.3, -0.25) is 0 Å². The van der Waals surface area contributed by atoms with Gasteiger partial charge in [-0.1, -0.05) is 0 Å². The van der Waals surface area contributed by atoms with Crippen molar-refractivity contribution in [3.63, 3.8) is 0 Å². The Kier molecular flexibility index (Phi) is 4.03. The number of hydrogen-bond donors (Lipinski definition) is 1. The lowest BCUT2D eigenvalue weighted by molar-refractivity contribution is -0.163. The van der Waals surface area contributed by atoms with Crippen LogP contribution in [-0.2, 0) is 21.4 Å². The maximum atomic E-state index is 12.8. The van der Waals surface area contributed by atoms with Crippen LogP contribution in [0.4, 0.5) is 0 Å². The summed E-state index contributed by atoms with van der Waals surface area (Å²) in [5, 5.41) is 11.0. The molecule has 0 saturated carbocycles. The summed E-state index contributed by atoms with van der Waals surface area (Å²) < 4.78 is 32.9. The van der Waals surface area contributed by atoms with E-state index in [1.54, 1.807) is 11.4 Å². The van der Waals surface area contributed by atoms with Crippen molar-refractivity contribution in [3.05, 3.63) is 16.3 Å². The second-order valence-electron chi connectivity index (χ2n) is 6.26. The third-order valence-electron chi connectivity index (χ3n) is 3.13. The van der Waals surface area contributed by atoms with Crippen molar-refractivity contribution in [1.29, 1.82) is 0 Å². The van der Waals surface area contributed by atoms with Crippen LogP contribution >= 0.6 is 11.3 Å². The van der Waals surface area contributed by atoms with Crippen LogP contribution in [0, 0.1) is 0 Å². The standard InChI is InChI=1S/C13H21NO4S2/c1-12(2)8-14(9-13(3,4)18-12)20(16,17)11-5-6-19-10(11)7-15/h5-6,15H,7-9H2,1-4H3. The van der Waals surface area contributed by atoms with Gasteiger partial charge in [-0.05, 0) is 39.1 Å². The van der Waals surface area contributed by atoms with Gasteiger partial charge >= 0.3 is 0 Å². The molecule has 0 bridgehead atoms. The van der Waals surface area contributed by atoms with E-state index in [-0.39, 0.29) is 11.5 Å². The minimum atomic E-state index is -3.60. The van der Waals surface area contributed by atoms with E-state index >= 15 is 0 Å². The topological polar surface area (TPSA) is 66.8 Å². The van der Waals surface area contributed by atoms with Crippen molar-refractivity contribution in [2.75, 3.05) is 13.1 Å². The van der Waals surface area contributed by atoms with Gasteiger partial charge in [0.05, 0.1) is 22.7 Å². The molecule has 7 heteroatoms. The fourth-order valence-electron chi connectivity index (χ4n) is 2.70. The highest BCUT2D eigenvalue weighted by molar-refractivity contribution is 7.89. The fraction of sp³-hybridized carbons (Fsp3) is 0.692. The van der Waals surface area contributed by atoms with Crippen LogP contribution < -0.4 is 0 Å². The minimum absolute atomic E-state index is 0.207. The van der Waals surface area contributed by atoms with E-state index < -0.39 is 21.2 Å². The Morgan fingerprint density at radius 3 is 2.35 bits per heavy atom. The molecule has 1 fully saturated rings. The van der Waals surface area contributed by atoms with Crippen LogP contribution in [0.3, 0.4) is 0 Å². The number of thiophene rings is 1. The first-order valence-electron chi connectivity index (χ1n) is 6.45. The van der Waals surface area contributed by atoms with E-state index in [1.165, 1.54) is 15.6 Å². The summed E-state index contributed by atoms with van der Waals surface area (Å²) in [7, 11) is -3.60. The average molecular weight is 319 g/mol. The van der Waals surface area contributed by atoms with Crippen molar-refractivity contribution >= 4 is 21.4 Å². The first-order valence-corrected chi connectivity index (χ1v) is 8.77. The number of rotatable bonds is 3. The van der Waals surface area contributed by atoms with E-state index in [0.29, 0.717) is 18.0 Å². The predicted molar refractivity (Wildman–Crippen MR) is 78.2 cm³/mol. The van der Waals surface area contributed by atoms with Gasteiger partial charge in [-0.15, -0.1) is 11.3 Å². The molecule has 0 aliphatic carbocycles. The van der Waals surface area contributed by atoms with Gasteiger partial charge in [0.25, 0.3) is 0 Å². The van der Waals surface area contributed by atoms with E-state index in [9.17, 15) is 13.5 Å². The van der Waals surface area contributed by atoms with Crippen LogP contribution in [0.1, 0.15) is 32.6 Å². The largest absolute Gasteiger partial charge is 0.391 e. The van der Waals surface area contributed by atoms with Gasteiger partial charge in [-0.2, -0.15) is 4.31 Å². The summed E-state index contributed by atoms with van der Waals surface area (Å²) in [4.78, 5) is 0.686. The Balaban J connectivity index is 2.39. The first-order chi connectivity index (χ1) is 9.07. The zero-order valence-electron chi connectivity index (χ0n) is 12.2. The summed E-state index contributed by atoms with van der Waals surface area (Å²) in [6.07, 6.45) is 0. The maximum Gasteiger partial charge on any atom is 0.244 e. The van der Waals surface area contributed by atoms with Gasteiger partial charge in [0.2, 0.25) is 10.0 Å². The Labute approximate surface area is 124 Å². The molecule has 0 aromatic carbocycles. The molecule has 1 saturated heterocycles. The Bertz CT molecular complexity index is 573. The summed E-state index contributed by atoms with van der Waals surface area (Å²) >= 11 is 1.25. The number of sulfonamides is 1. The number of ether oxygens (including phenoxy) is 1. The molecule has 0 unspecified atom stereocenters. The van der Waals surface area contributed by atoms with Crippen LogP contribution in [0.15, 0.2) is 16.3 Å². The molecule has 2 rings (SSSR count). The Morgan fingerprint density at radius 1 is 1.30 bits per heavy atom. The lowest BCUT2D eigenvalue weighted by Gasteiger charge is -2.46. The summed E-state index contributed by atoms with van der Waals surface area (Å²) in [5.74, 6) is 0. The van der Waals surface area contributed by atoms with Crippen molar-refractivity contribution < 1.29 is 18.3 Å². The first kappa shape index (κ1) is 15.9. The minimum Gasteiger partial charge on any atom is -0.391 e. The van der Waals surface area contributed by atoms with Gasteiger partial charge in [0.15, 0.2) is 0 Å². The number of hydrogen-bond acceptors (Lipinski definition) is 5. The second kappa shape index (κ2) is 5.06. The van der Waals surface area contributed by atoms with Crippen LogP contribution in [0.2, 0.25) is 0 Å². The molecule has 0 spiro atoms. The number of aliphatic hydroxyl groups excluding tert-OH is 1. The maximum absolute atomic E-state index is 12.8. The molecule has 0 atom stereocenters. The van der Waals surface area contributed by atoms with E-state index in [2.05, 4.69) is 0 Å². The second-order valence-corrected chi connectivity index (χ2v) is 9.17. The number of aliphatic hydroxyl groups is 1. The number of nitrogens with zero attached hydrogens (tertiary/aromatic N) is 1. The van der Waals surface area contributed by atoms with E-state index in [1.807, 2.05) is 27.7 Å². The molecular weight excluding hydrogens is 298 g/mol. The molecule has 5 nitrogen and oxygen atoms in total. The molecule has 0 amide bonds. The molecule has 1 aromatic rings. The van der Waals surface area contributed by atoms with Crippen LogP contribution in [0.25, 0.3) is 0 Å². The van der Waals surface area contributed by atoms with Crippen molar-refractivity contribution in [3.8, 4) is 0 Å². The third kappa shape index (κ3) is 3.07. The van der Waals surface area contributed by atoms with Gasteiger partial charge < -0.3 is 9.84 Å². The molecule has 1 aliphatic rings. The molecule has 20 heavy (non-hydrogen) atoms. The zero-order chi connectivity index (χ0) is 15.2. The molecule has 2 heterocycles. The highest BCUT2D eigenvalue weighted by Gasteiger charge is 2.43. The molecular formula is C13H21NO4S2. The van der Waals surface area contributed by atoms with Gasteiger partial charge in [0, 0.05) is 18.0 Å². The Morgan fingerprint density at radius 2 is 1.85 bits per heavy atom. The average Bonchev–Trinajstić information content (AvgIpc) is 2.73. The zero-order valence-corrected chi connectivity index (χ0v) is 13.8. The third-order valence-corrected chi connectivity index (χ3v) is 6.04. The van der Waals surface area contributed by atoms with Gasteiger partial charge in [-0.25, -0.2) is 8.42 Å². The molecule has 0 radical (unpaired) electrons. The SMILES string of the molecule is CC1(C)CN(S(=O)(=O)c2ccsc2CO)CC(C)(C)O1. The highest BCUT2D eigenvalue weighted by atomic mass is 32.2. The Hall–Kier alpha value is -0.470.